The molecule has 3 aliphatic rings. The molecule has 0 aromatic rings. The molecule has 90 valence electrons. The van der Waals surface area contributed by atoms with E-state index in [-0.39, 0.29) is 6.61 Å². The lowest BCUT2D eigenvalue weighted by Crippen LogP contribution is -2.49. The second-order valence-corrected chi connectivity index (χ2v) is 5.92. The normalized spacial score (nSPS) is 38.0. The van der Waals surface area contributed by atoms with Crippen molar-refractivity contribution in [1.82, 2.24) is 0 Å². The second-order valence-electron chi connectivity index (χ2n) is 5.92. The topological polar surface area (TPSA) is 20.2 Å². The molecule has 1 nitrogen and oxygen atoms in total. The van der Waals surface area contributed by atoms with Crippen molar-refractivity contribution in [2.24, 2.45) is 17.3 Å². The summed E-state index contributed by atoms with van der Waals surface area (Å²) in [5.41, 5.74) is 3.28. The molecule has 1 fully saturated rings. The molecule has 3 rings (SSSR count). The Balaban J connectivity index is 1.94. The molecule has 0 aliphatic heterocycles. The van der Waals surface area contributed by atoms with Gasteiger partial charge in [0, 0.05) is 0 Å². The Hall–Kier alpha value is -0.560. The largest absolute Gasteiger partial charge is 0.392 e. The zero-order valence-electron chi connectivity index (χ0n) is 10.8. The van der Waals surface area contributed by atoms with Gasteiger partial charge in [-0.2, -0.15) is 0 Å². The number of fused-ring (bicyclic) bond motifs is 1. The molecule has 0 aromatic carbocycles. The molecule has 3 atom stereocenters. The van der Waals surface area contributed by atoms with Crippen molar-refractivity contribution >= 4 is 0 Å². The van der Waals surface area contributed by atoms with Crippen molar-refractivity contribution in [2.45, 2.75) is 46.5 Å². The Morgan fingerprint density at radius 1 is 1.62 bits per heavy atom. The van der Waals surface area contributed by atoms with Crippen LogP contribution >= 0.6 is 0 Å². The van der Waals surface area contributed by atoms with E-state index in [9.17, 15) is 0 Å². The summed E-state index contributed by atoms with van der Waals surface area (Å²) in [7, 11) is 0. The summed E-state index contributed by atoms with van der Waals surface area (Å²) in [5, 5.41) is 8.96. The third kappa shape index (κ3) is 1.86. The van der Waals surface area contributed by atoms with Crippen LogP contribution in [0.25, 0.3) is 0 Å². The van der Waals surface area contributed by atoms with E-state index in [4.69, 9.17) is 5.11 Å². The van der Waals surface area contributed by atoms with Gasteiger partial charge in [0.05, 0.1) is 6.61 Å². The van der Waals surface area contributed by atoms with E-state index >= 15 is 0 Å². The predicted octanol–water partition coefficient (Wildman–Crippen LogP) is 3.70. The van der Waals surface area contributed by atoms with Gasteiger partial charge in [-0.3, -0.25) is 0 Å². The molecule has 0 spiro atoms. The van der Waals surface area contributed by atoms with Crippen LogP contribution in [0.4, 0.5) is 0 Å². The summed E-state index contributed by atoms with van der Waals surface area (Å²) in [6.45, 7) is 6.98. The molecule has 3 aliphatic carbocycles. The van der Waals surface area contributed by atoms with Gasteiger partial charge >= 0.3 is 0 Å². The van der Waals surface area contributed by atoms with E-state index in [1.165, 1.54) is 19.3 Å². The molecule has 1 N–H and O–H groups in total. The molecular weight excluding hydrogens is 196 g/mol. The van der Waals surface area contributed by atoms with Gasteiger partial charge in [0.2, 0.25) is 0 Å². The van der Waals surface area contributed by atoms with E-state index in [1.54, 1.807) is 5.57 Å². The standard InChI is InChI=1S/C15H24O/c1-11(10-16)5-4-8-15(3)13-7-6-12(2)14(15)9-13/h5-6,13-14,16H,4,7-10H2,1-3H3/b11-5-/t13-,14-,15-/m1/s1. The first-order valence-corrected chi connectivity index (χ1v) is 6.51. The van der Waals surface area contributed by atoms with Crippen LogP contribution in [-0.2, 0) is 0 Å². The monoisotopic (exact) mass is 220 g/mol. The lowest BCUT2D eigenvalue weighted by molar-refractivity contribution is -0.0312. The zero-order valence-corrected chi connectivity index (χ0v) is 10.8. The van der Waals surface area contributed by atoms with Crippen LogP contribution in [0.5, 0.6) is 0 Å². The number of hydrogen-bond donors (Lipinski definition) is 1. The highest BCUT2D eigenvalue weighted by atomic mass is 16.3. The first-order chi connectivity index (χ1) is 7.58. The van der Waals surface area contributed by atoms with Gasteiger partial charge in [0.1, 0.15) is 0 Å². The third-order valence-corrected chi connectivity index (χ3v) is 4.95. The average Bonchev–Trinajstić information content (AvgIpc) is 2.28. The molecule has 2 bridgehead atoms. The van der Waals surface area contributed by atoms with Crippen molar-refractivity contribution in [3.05, 3.63) is 23.3 Å². The van der Waals surface area contributed by atoms with E-state index in [2.05, 4.69) is 26.0 Å². The summed E-state index contributed by atoms with van der Waals surface area (Å²) in [4.78, 5) is 0. The van der Waals surface area contributed by atoms with Gasteiger partial charge in [0.25, 0.3) is 0 Å². The molecular formula is C15H24O. The van der Waals surface area contributed by atoms with Crippen LogP contribution in [0.15, 0.2) is 23.3 Å². The van der Waals surface area contributed by atoms with Crippen molar-refractivity contribution < 1.29 is 5.11 Å². The highest BCUT2D eigenvalue weighted by molar-refractivity contribution is 5.22. The lowest BCUT2D eigenvalue weighted by atomic mass is 9.47. The third-order valence-electron chi connectivity index (χ3n) is 4.95. The van der Waals surface area contributed by atoms with Crippen LogP contribution < -0.4 is 0 Å². The van der Waals surface area contributed by atoms with Gasteiger partial charge in [-0.25, -0.2) is 0 Å². The molecule has 0 heterocycles. The molecule has 0 amide bonds. The van der Waals surface area contributed by atoms with Crippen LogP contribution in [0.3, 0.4) is 0 Å². The molecule has 0 radical (unpaired) electrons. The van der Waals surface area contributed by atoms with E-state index < -0.39 is 0 Å². The van der Waals surface area contributed by atoms with Crippen molar-refractivity contribution in [2.75, 3.05) is 6.61 Å². The number of allylic oxidation sites excluding steroid dienone is 3. The maximum atomic E-state index is 8.96. The highest BCUT2D eigenvalue weighted by Gasteiger charge is 2.52. The smallest absolute Gasteiger partial charge is 0.0639 e. The fourth-order valence-electron chi connectivity index (χ4n) is 3.56. The molecule has 16 heavy (non-hydrogen) atoms. The van der Waals surface area contributed by atoms with Crippen LogP contribution in [0, 0.1) is 17.3 Å². The lowest BCUT2D eigenvalue weighted by Gasteiger charge is -2.58. The summed E-state index contributed by atoms with van der Waals surface area (Å²) in [5.74, 6) is 1.76. The maximum Gasteiger partial charge on any atom is 0.0639 e. The first-order valence-electron chi connectivity index (χ1n) is 6.51. The maximum absolute atomic E-state index is 8.96. The van der Waals surface area contributed by atoms with Gasteiger partial charge in [-0.1, -0.05) is 30.2 Å². The fourth-order valence-corrected chi connectivity index (χ4v) is 3.56. The summed E-state index contributed by atoms with van der Waals surface area (Å²) in [6, 6.07) is 0. The van der Waals surface area contributed by atoms with Gasteiger partial charge < -0.3 is 5.11 Å². The van der Waals surface area contributed by atoms with E-state index in [1.807, 2.05) is 6.92 Å². The number of rotatable bonds is 4. The first kappa shape index (κ1) is 11.9. The van der Waals surface area contributed by atoms with Gasteiger partial charge in [0.15, 0.2) is 0 Å². The van der Waals surface area contributed by atoms with Crippen LogP contribution in [0.1, 0.15) is 46.5 Å². The van der Waals surface area contributed by atoms with Crippen molar-refractivity contribution in [1.29, 1.82) is 0 Å². The highest BCUT2D eigenvalue weighted by Crippen LogP contribution is 2.61. The second kappa shape index (κ2) is 4.37. The number of aliphatic hydroxyl groups is 1. The van der Waals surface area contributed by atoms with Crippen molar-refractivity contribution in [3.63, 3.8) is 0 Å². The molecule has 0 unspecified atom stereocenters. The number of hydrogen-bond acceptors (Lipinski definition) is 1. The minimum Gasteiger partial charge on any atom is -0.392 e. The summed E-state index contributed by atoms with van der Waals surface area (Å²) < 4.78 is 0. The Kier molecular flexibility index (Phi) is 3.25. The summed E-state index contributed by atoms with van der Waals surface area (Å²) >= 11 is 0. The molecule has 0 aromatic heterocycles. The fraction of sp³-hybridized carbons (Fsp3) is 0.733. The van der Waals surface area contributed by atoms with Crippen LogP contribution in [0.2, 0.25) is 0 Å². The minimum absolute atomic E-state index is 0.211. The van der Waals surface area contributed by atoms with Crippen LogP contribution in [-0.4, -0.2) is 11.7 Å². The quantitative estimate of drug-likeness (QED) is 0.716. The molecule has 1 heteroatoms. The average molecular weight is 220 g/mol. The van der Waals surface area contributed by atoms with Gasteiger partial charge in [-0.05, 0) is 56.8 Å². The molecule has 1 saturated carbocycles. The Morgan fingerprint density at radius 2 is 2.38 bits per heavy atom. The van der Waals surface area contributed by atoms with Crippen molar-refractivity contribution in [3.8, 4) is 0 Å². The van der Waals surface area contributed by atoms with Gasteiger partial charge in [-0.15, -0.1) is 0 Å². The number of aliphatic hydroxyl groups excluding tert-OH is 1. The van der Waals surface area contributed by atoms with E-state index in [0.29, 0.717) is 5.41 Å². The Bertz CT molecular complexity index is 326. The molecule has 0 saturated heterocycles. The predicted molar refractivity (Wildman–Crippen MR) is 68.2 cm³/mol. The minimum atomic E-state index is 0.211. The SMILES string of the molecule is CC1=CC[C@@H]2C[C@H]1[C@]2(C)CC/C=C(/C)CO. The summed E-state index contributed by atoms with van der Waals surface area (Å²) in [6.07, 6.45) is 9.77. The Morgan fingerprint density at radius 3 is 2.94 bits per heavy atom. The van der Waals surface area contributed by atoms with E-state index in [0.717, 1.165) is 23.8 Å². The zero-order chi connectivity index (χ0) is 11.8. The Labute approximate surface area is 99.3 Å².